The lowest BCUT2D eigenvalue weighted by atomic mass is 10.0. The molecule has 6 nitrogen and oxygen atoms in total. The van der Waals surface area contributed by atoms with Crippen LogP contribution in [0.1, 0.15) is 26.3 Å². The topological polar surface area (TPSA) is 61.9 Å². The van der Waals surface area contributed by atoms with E-state index in [1.807, 2.05) is 11.9 Å². The highest BCUT2D eigenvalue weighted by molar-refractivity contribution is 6.30. The zero-order chi connectivity index (χ0) is 19.5. The number of nitrogens with one attached hydrogen (secondary N) is 1. The first kappa shape index (κ1) is 20.5. The molecule has 0 saturated carbocycles. The Morgan fingerprint density at radius 1 is 1.19 bits per heavy atom. The van der Waals surface area contributed by atoms with Gasteiger partial charge in [0, 0.05) is 36.8 Å². The fourth-order valence-electron chi connectivity index (χ4n) is 2.62. The summed E-state index contributed by atoms with van der Waals surface area (Å²) in [4.78, 5) is 28.6. The predicted octanol–water partition coefficient (Wildman–Crippen LogP) is 2.76. The Morgan fingerprint density at radius 3 is 2.35 bits per heavy atom. The van der Waals surface area contributed by atoms with Crippen LogP contribution in [0.4, 0.5) is 9.18 Å². The third-order valence-electron chi connectivity index (χ3n) is 3.98. The van der Waals surface area contributed by atoms with Gasteiger partial charge in [0.15, 0.2) is 0 Å². The van der Waals surface area contributed by atoms with Crippen molar-refractivity contribution in [1.29, 1.82) is 0 Å². The number of hydrogen-bond acceptors (Lipinski definition) is 4. The number of rotatable bonds is 3. The maximum Gasteiger partial charge on any atom is 0.410 e. The van der Waals surface area contributed by atoms with Crippen molar-refractivity contribution in [3.63, 3.8) is 0 Å². The molecule has 1 aromatic rings. The highest BCUT2D eigenvalue weighted by Gasteiger charge is 2.46. The van der Waals surface area contributed by atoms with Crippen LogP contribution in [0.25, 0.3) is 0 Å². The Labute approximate surface area is 158 Å². The maximum absolute atomic E-state index is 15.9. The van der Waals surface area contributed by atoms with Gasteiger partial charge < -0.3 is 14.5 Å². The van der Waals surface area contributed by atoms with Crippen molar-refractivity contribution < 1.29 is 18.7 Å². The van der Waals surface area contributed by atoms with E-state index in [1.54, 1.807) is 26.8 Å². The normalized spacial score (nSPS) is 18.2. The minimum Gasteiger partial charge on any atom is -0.444 e. The molecule has 26 heavy (non-hydrogen) atoms. The van der Waals surface area contributed by atoms with E-state index >= 15 is 4.39 Å². The monoisotopic (exact) mass is 385 g/mol. The van der Waals surface area contributed by atoms with Gasteiger partial charge in [-0.25, -0.2) is 9.18 Å². The number of halogens is 2. The molecule has 0 radical (unpaired) electrons. The van der Waals surface area contributed by atoms with Crippen molar-refractivity contribution in [2.24, 2.45) is 0 Å². The molecule has 1 aromatic carbocycles. The van der Waals surface area contributed by atoms with E-state index in [2.05, 4.69) is 5.32 Å². The Morgan fingerprint density at radius 2 is 1.81 bits per heavy atom. The van der Waals surface area contributed by atoms with Gasteiger partial charge in [-0.05, 0) is 40.0 Å². The van der Waals surface area contributed by atoms with Crippen molar-refractivity contribution in [3.8, 4) is 0 Å². The number of alkyl carbamates (subject to hydrolysis) is 1. The van der Waals surface area contributed by atoms with Gasteiger partial charge in [0.2, 0.25) is 0 Å². The summed E-state index contributed by atoms with van der Waals surface area (Å²) in [6, 6.07) is 5.84. The van der Waals surface area contributed by atoms with Crippen LogP contribution in [0.15, 0.2) is 24.3 Å². The number of piperazine rings is 1. The first-order valence-corrected chi connectivity index (χ1v) is 8.83. The Hall–Kier alpha value is -1.86. The van der Waals surface area contributed by atoms with Crippen LogP contribution in [0.3, 0.4) is 0 Å². The van der Waals surface area contributed by atoms with E-state index in [0.29, 0.717) is 26.2 Å². The molecular weight excluding hydrogens is 361 g/mol. The number of carbonyl (C=O) groups is 2. The summed E-state index contributed by atoms with van der Waals surface area (Å²) in [5.74, 6) is -3.60. The molecule has 1 heterocycles. The lowest BCUT2D eigenvalue weighted by molar-refractivity contribution is -0.149. The zero-order valence-corrected chi connectivity index (χ0v) is 16.3. The van der Waals surface area contributed by atoms with E-state index in [9.17, 15) is 9.59 Å². The minimum absolute atomic E-state index is 0.0419. The van der Waals surface area contributed by atoms with E-state index in [4.69, 9.17) is 16.3 Å². The van der Waals surface area contributed by atoms with Crippen molar-refractivity contribution in [2.45, 2.75) is 32.2 Å². The number of carbonyl (C=O) groups excluding carboxylic acids is 2. The van der Waals surface area contributed by atoms with Gasteiger partial charge in [0.05, 0.1) is 0 Å². The molecule has 1 saturated heterocycles. The second-order valence-electron chi connectivity index (χ2n) is 7.39. The maximum atomic E-state index is 15.9. The molecule has 1 N–H and O–H groups in total. The second-order valence-corrected chi connectivity index (χ2v) is 7.83. The standard InChI is InChI=1S/C18H25ClFN3O3/c1-17(2,3)26-16(25)21-18(20,13-6-5-7-14(19)12-13)15(24)23-10-8-22(4)9-11-23/h5-7,12H,8-11H2,1-4H3,(H,21,25). The fraction of sp³-hybridized carbons (Fsp3) is 0.556. The smallest absolute Gasteiger partial charge is 0.410 e. The molecule has 1 unspecified atom stereocenters. The van der Waals surface area contributed by atoms with Crippen molar-refractivity contribution in [2.75, 3.05) is 33.2 Å². The van der Waals surface area contributed by atoms with Crippen molar-refractivity contribution in [3.05, 3.63) is 34.9 Å². The largest absolute Gasteiger partial charge is 0.444 e. The van der Waals surface area contributed by atoms with Gasteiger partial charge in [-0.1, -0.05) is 23.7 Å². The third kappa shape index (κ3) is 5.08. The van der Waals surface area contributed by atoms with Crippen LogP contribution in [0.5, 0.6) is 0 Å². The van der Waals surface area contributed by atoms with Gasteiger partial charge in [-0.3, -0.25) is 10.1 Å². The molecule has 144 valence electrons. The molecule has 1 aliphatic rings. The highest BCUT2D eigenvalue weighted by atomic mass is 35.5. The van der Waals surface area contributed by atoms with Crippen LogP contribution in [-0.4, -0.2) is 60.6 Å². The summed E-state index contributed by atoms with van der Waals surface area (Å²) in [7, 11) is 1.93. The molecule has 0 bridgehead atoms. The molecule has 1 fully saturated rings. The van der Waals surface area contributed by atoms with Gasteiger partial charge in [0.1, 0.15) is 5.60 Å². The van der Waals surface area contributed by atoms with Gasteiger partial charge in [-0.15, -0.1) is 0 Å². The van der Waals surface area contributed by atoms with E-state index in [0.717, 1.165) is 0 Å². The molecule has 8 heteroatoms. The first-order valence-electron chi connectivity index (χ1n) is 8.45. The number of benzene rings is 1. The number of hydrogen-bond donors (Lipinski definition) is 1. The second kappa shape index (κ2) is 7.80. The molecule has 2 rings (SSSR count). The van der Waals surface area contributed by atoms with Crippen LogP contribution in [0, 0.1) is 0 Å². The Balaban J connectivity index is 2.32. The number of alkyl halides is 1. The van der Waals surface area contributed by atoms with Crippen LogP contribution in [0.2, 0.25) is 5.02 Å². The fourth-order valence-corrected chi connectivity index (χ4v) is 2.81. The lowest BCUT2D eigenvalue weighted by Gasteiger charge is -2.37. The third-order valence-corrected chi connectivity index (χ3v) is 4.22. The molecule has 1 aliphatic heterocycles. The minimum atomic E-state index is -2.76. The summed E-state index contributed by atoms with van der Waals surface area (Å²) in [6.45, 7) is 6.99. The van der Waals surface area contributed by atoms with Crippen LogP contribution < -0.4 is 5.32 Å². The lowest BCUT2D eigenvalue weighted by Crippen LogP contribution is -2.58. The molecule has 0 aliphatic carbocycles. The summed E-state index contributed by atoms with van der Waals surface area (Å²) in [6.07, 6.45) is -1.01. The summed E-state index contributed by atoms with van der Waals surface area (Å²) >= 11 is 5.96. The van der Waals surface area contributed by atoms with Crippen LogP contribution in [-0.2, 0) is 15.3 Å². The quantitative estimate of drug-likeness (QED) is 0.813. The highest BCUT2D eigenvalue weighted by Crippen LogP contribution is 2.29. The van der Waals surface area contributed by atoms with Crippen molar-refractivity contribution >= 4 is 23.6 Å². The van der Waals surface area contributed by atoms with Gasteiger partial charge in [0.25, 0.3) is 11.7 Å². The first-order chi connectivity index (χ1) is 12.0. The number of amides is 2. The molecular formula is C18H25ClFN3O3. The zero-order valence-electron chi connectivity index (χ0n) is 15.5. The summed E-state index contributed by atoms with van der Waals surface area (Å²) in [5.41, 5.74) is -0.865. The summed E-state index contributed by atoms with van der Waals surface area (Å²) < 4.78 is 21.1. The average molecular weight is 386 g/mol. The van der Waals surface area contributed by atoms with Crippen molar-refractivity contribution in [1.82, 2.24) is 15.1 Å². The molecule has 2 amide bonds. The van der Waals surface area contributed by atoms with E-state index < -0.39 is 23.4 Å². The number of nitrogens with zero attached hydrogens (tertiary/aromatic N) is 2. The SMILES string of the molecule is CN1CCN(C(=O)C(F)(NC(=O)OC(C)(C)C)c2cccc(Cl)c2)CC1. The van der Waals surface area contributed by atoms with E-state index in [-0.39, 0.29) is 10.6 Å². The number of ether oxygens (including phenoxy) is 1. The average Bonchev–Trinajstić information content (AvgIpc) is 2.53. The molecule has 0 spiro atoms. The predicted molar refractivity (Wildman–Crippen MR) is 97.7 cm³/mol. The van der Waals surface area contributed by atoms with E-state index in [1.165, 1.54) is 23.1 Å². The van der Waals surface area contributed by atoms with Crippen LogP contribution >= 0.6 is 11.6 Å². The number of likely N-dealkylation sites (N-methyl/N-ethyl adjacent to an activating group) is 1. The van der Waals surface area contributed by atoms with Gasteiger partial charge in [-0.2, -0.15) is 0 Å². The summed E-state index contributed by atoms with van der Waals surface area (Å²) in [5, 5.41) is 2.38. The Bertz CT molecular complexity index is 672. The molecule has 0 aromatic heterocycles. The Kier molecular flexibility index (Phi) is 6.13. The van der Waals surface area contributed by atoms with Gasteiger partial charge >= 0.3 is 6.09 Å². The molecule has 1 atom stereocenters.